The highest BCUT2D eigenvalue weighted by Crippen LogP contribution is 2.28. The Morgan fingerprint density at radius 2 is 1.89 bits per heavy atom. The minimum absolute atomic E-state index is 0.163. The van der Waals surface area contributed by atoms with Gasteiger partial charge in [-0.25, -0.2) is 0 Å². The number of hydrogen-bond donors (Lipinski definition) is 1. The largest absolute Gasteiger partial charge is 0.503 e. The van der Waals surface area contributed by atoms with Gasteiger partial charge in [-0.15, -0.1) is 0 Å². The fourth-order valence-corrected chi connectivity index (χ4v) is 1.70. The lowest BCUT2D eigenvalue weighted by atomic mass is 9.82. The number of rotatable bonds is 5. The third-order valence-electron chi connectivity index (χ3n) is 3.74. The van der Waals surface area contributed by atoms with Crippen LogP contribution in [-0.2, 0) is 18.9 Å². The molecule has 5 nitrogen and oxygen atoms in total. The SMILES string of the molecule is CC(C)(O)C(C)(C)O[B]C1CC(C2OCCO2)=CO1. The van der Waals surface area contributed by atoms with Crippen LogP contribution in [0.1, 0.15) is 34.1 Å². The molecule has 0 aromatic carbocycles. The summed E-state index contributed by atoms with van der Waals surface area (Å²) in [4.78, 5) is 0. The van der Waals surface area contributed by atoms with Crippen LogP contribution in [0.25, 0.3) is 0 Å². The molecule has 0 amide bonds. The zero-order valence-electron chi connectivity index (χ0n) is 12.0. The summed E-state index contributed by atoms with van der Waals surface area (Å²) in [5.74, 6) is 0. The highest BCUT2D eigenvalue weighted by Gasteiger charge is 2.38. The molecular formula is C13H22BO5. The molecule has 2 aliphatic rings. The van der Waals surface area contributed by atoms with E-state index >= 15 is 0 Å². The maximum atomic E-state index is 10.0. The molecule has 0 bridgehead atoms. The van der Waals surface area contributed by atoms with Crippen LogP contribution in [0.5, 0.6) is 0 Å². The summed E-state index contributed by atoms with van der Waals surface area (Å²) in [6.45, 7) is 8.38. The first-order chi connectivity index (χ1) is 8.79. The molecule has 1 unspecified atom stereocenters. The molecule has 107 valence electrons. The molecule has 0 aromatic heterocycles. The van der Waals surface area contributed by atoms with Crippen molar-refractivity contribution in [1.82, 2.24) is 0 Å². The quantitative estimate of drug-likeness (QED) is 0.759. The van der Waals surface area contributed by atoms with Crippen LogP contribution in [0.15, 0.2) is 11.8 Å². The van der Waals surface area contributed by atoms with E-state index in [0.29, 0.717) is 19.6 Å². The van der Waals surface area contributed by atoms with E-state index in [1.54, 1.807) is 27.6 Å². The summed E-state index contributed by atoms with van der Waals surface area (Å²) in [5, 5.41) is 10.0. The first kappa shape index (κ1) is 14.8. The van der Waals surface area contributed by atoms with E-state index in [0.717, 1.165) is 5.57 Å². The molecule has 0 spiro atoms. The highest BCUT2D eigenvalue weighted by molar-refractivity contribution is 6.29. The van der Waals surface area contributed by atoms with E-state index < -0.39 is 11.2 Å². The van der Waals surface area contributed by atoms with Crippen LogP contribution < -0.4 is 0 Å². The molecule has 0 aromatic rings. The van der Waals surface area contributed by atoms with Crippen LogP contribution in [0.2, 0.25) is 0 Å². The number of aliphatic hydroxyl groups is 1. The van der Waals surface area contributed by atoms with Crippen molar-refractivity contribution in [2.24, 2.45) is 0 Å². The summed E-state index contributed by atoms with van der Waals surface area (Å²) < 4.78 is 22.0. The van der Waals surface area contributed by atoms with Crippen LogP contribution in [0, 0.1) is 0 Å². The standard InChI is InChI=1S/C13H22BO5/c1-12(2,15)13(3,4)19-14-10-7-9(8-18-10)11-16-5-6-17-11/h8,10-11,15H,5-7H2,1-4H3. The third-order valence-corrected chi connectivity index (χ3v) is 3.74. The fraction of sp³-hybridized carbons (Fsp3) is 0.846. The Labute approximate surface area is 115 Å². The molecule has 2 heterocycles. The van der Waals surface area contributed by atoms with E-state index in [9.17, 15) is 5.11 Å². The summed E-state index contributed by atoms with van der Waals surface area (Å²) in [5.41, 5.74) is -0.626. The van der Waals surface area contributed by atoms with Gasteiger partial charge in [0, 0.05) is 12.0 Å². The Hall–Kier alpha value is -0.555. The van der Waals surface area contributed by atoms with E-state index in [1.165, 1.54) is 0 Å². The normalized spacial score (nSPS) is 25.3. The molecular weight excluding hydrogens is 247 g/mol. The van der Waals surface area contributed by atoms with Gasteiger partial charge >= 0.3 is 7.48 Å². The topological polar surface area (TPSA) is 57.2 Å². The number of ether oxygens (including phenoxy) is 3. The van der Waals surface area contributed by atoms with Gasteiger partial charge in [0.25, 0.3) is 0 Å². The van der Waals surface area contributed by atoms with Gasteiger partial charge in [0.2, 0.25) is 0 Å². The predicted octanol–water partition coefficient (Wildman–Crippen LogP) is 1.17. The van der Waals surface area contributed by atoms with Gasteiger partial charge in [0.05, 0.1) is 30.7 Å². The van der Waals surface area contributed by atoms with Gasteiger partial charge in [0.15, 0.2) is 6.29 Å². The fourth-order valence-electron chi connectivity index (χ4n) is 1.70. The second-order valence-corrected chi connectivity index (χ2v) is 5.97. The Bertz CT molecular complexity index is 341. The lowest BCUT2D eigenvalue weighted by Crippen LogP contribution is -2.49. The van der Waals surface area contributed by atoms with Crippen LogP contribution in [0.3, 0.4) is 0 Å². The minimum Gasteiger partial charge on any atom is -0.503 e. The summed E-state index contributed by atoms with van der Waals surface area (Å²) >= 11 is 0. The molecule has 1 fully saturated rings. The van der Waals surface area contributed by atoms with Crippen molar-refractivity contribution in [3.8, 4) is 0 Å². The van der Waals surface area contributed by atoms with Crippen molar-refractivity contribution in [1.29, 1.82) is 0 Å². The Balaban J connectivity index is 1.78. The minimum atomic E-state index is -0.934. The van der Waals surface area contributed by atoms with Crippen LogP contribution in [-0.4, -0.2) is 49.3 Å². The van der Waals surface area contributed by atoms with Gasteiger partial charge in [-0.1, -0.05) is 0 Å². The lowest BCUT2D eigenvalue weighted by Gasteiger charge is -2.38. The smallest absolute Gasteiger partial charge is 0.340 e. The monoisotopic (exact) mass is 269 g/mol. The predicted molar refractivity (Wildman–Crippen MR) is 70.5 cm³/mol. The van der Waals surface area contributed by atoms with Crippen LogP contribution in [0.4, 0.5) is 0 Å². The van der Waals surface area contributed by atoms with Crippen molar-refractivity contribution in [2.75, 3.05) is 13.2 Å². The van der Waals surface area contributed by atoms with E-state index in [2.05, 4.69) is 0 Å². The maximum absolute atomic E-state index is 10.0. The van der Waals surface area contributed by atoms with Crippen molar-refractivity contribution >= 4 is 7.48 Å². The molecule has 1 saturated heterocycles. The van der Waals surface area contributed by atoms with Crippen LogP contribution >= 0.6 is 0 Å². The molecule has 1 atom stereocenters. The zero-order chi connectivity index (χ0) is 14.1. The van der Waals surface area contributed by atoms with Gasteiger partial charge in [-0.05, 0) is 27.7 Å². The number of hydrogen-bond acceptors (Lipinski definition) is 5. The molecule has 0 saturated carbocycles. The van der Waals surface area contributed by atoms with Crippen molar-refractivity contribution in [3.05, 3.63) is 11.8 Å². The molecule has 6 heteroatoms. The lowest BCUT2D eigenvalue weighted by molar-refractivity contribution is -0.0928. The zero-order valence-corrected chi connectivity index (χ0v) is 12.0. The first-order valence-corrected chi connectivity index (χ1v) is 6.61. The highest BCUT2D eigenvalue weighted by atomic mass is 16.7. The Morgan fingerprint density at radius 1 is 1.26 bits per heavy atom. The summed E-state index contributed by atoms with van der Waals surface area (Å²) in [7, 11) is 1.64. The molecule has 19 heavy (non-hydrogen) atoms. The Morgan fingerprint density at radius 3 is 2.47 bits per heavy atom. The molecule has 0 aliphatic carbocycles. The summed E-state index contributed by atoms with van der Waals surface area (Å²) in [6.07, 6.45) is 2.09. The van der Waals surface area contributed by atoms with Crippen molar-refractivity contribution in [2.45, 2.75) is 57.6 Å². The van der Waals surface area contributed by atoms with Gasteiger partial charge in [-0.3, -0.25) is 0 Å². The molecule has 1 radical (unpaired) electrons. The van der Waals surface area contributed by atoms with E-state index in [-0.39, 0.29) is 12.3 Å². The molecule has 2 aliphatic heterocycles. The average molecular weight is 269 g/mol. The van der Waals surface area contributed by atoms with E-state index in [4.69, 9.17) is 18.9 Å². The van der Waals surface area contributed by atoms with Gasteiger partial charge in [0.1, 0.15) is 6.00 Å². The van der Waals surface area contributed by atoms with Crippen molar-refractivity contribution < 1.29 is 24.0 Å². The molecule has 1 N–H and O–H groups in total. The van der Waals surface area contributed by atoms with E-state index in [1.807, 2.05) is 13.8 Å². The third kappa shape index (κ3) is 3.51. The maximum Gasteiger partial charge on any atom is 0.340 e. The Kier molecular flexibility index (Phi) is 4.25. The molecule has 2 rings (SSSR count). The second-order valence-electron chi connectivity index (χ2n) is 5.97. The second kappa shape index (κ2) is 5.44. The summed E-state index contributed by atoms with van der Waals surface area (Å²) in [6, 6.07) is -0.163. The van der Waals surface area contributed by atoms with Crippen molar-refractivity contribution in [3.63, 3.8) is 0 Å². The average Bonchev–Trinajstić information content (AvgIpc) is 2.96. The van der Waals surface area contributed by atoms with Gasteiger partial charge in [-0.2, -0.15) is 0 Å². The van der Waals surface area contributed by atoms with Gasteiger partial charge < -0.3 is 24.0 Å². The first-order valence-electron chi connectivity index (χ1n) is 6.61.